The first-order valence-electron chi connectivity index (χ1n) is 5.13. The Morgan fingerprint density at radius 2 is 1.88 bits per heavy atom. The van der Waals surface area contributed by atoms with Gasteiger partial charge in [-0.25, -0.2) is 4.99 Å². The summed E-state index contributed by atoms with van der Waals surface area (Å²) in [6.07, 6.45) is 0.00102. The lowest BCUT2D eigenvalue weighted by molar-refractivity contribution is -0.124. The standard InChI is InChI=1S/C11H15N3O3/c1-6(7(2)15)12-10(14(3)4)8-5-9(16)13-11(8)17/h5H2,1-4H3,(H,13,16,17)/b10-8+,12-6+. The molecule has 1 fully saturated rings. The molecule has 1 aliphatic rings. The van der Waals surface area contributed by atoms with Gasteiger partial charge in [-0.2, -0.15) is 0 Å². The van der Waals surface area contributed by atoms with Crippen molar-refractivity contribution in [3.05, 3.63) is 11.4 Å². The summed E-state index contributed by atoms with van der Waals surface area (Å²) in [5, 5.41) is 2.19. The van der Waals surface area contributed by atoms with E-state index in [1.165, 1.54) is 6.92 Å². The Morgan fingerprint density at radius 1 is 1.29 bits per heavy atom. The first-order valence-corrected chi connectivity index (χ1v) is 5.13. The van der Waals surface area contributed by atoms with Gasteiger partial charge in [0.05, 0.1) is 17.7 Å². The number of imide groups is 1. The van der Waals surface area contributed by atoms with Crippen molar-refractivity contribution in [3.8, 4) is 0 Å². The third kappa shape index (κ3) is 2.99. The maximum Gasteiger partial charge on any atom is 0.258 e. The number of hydrogen-bond donors (Lipinski definition) is 1. The number of carbonyl (C=O) groups is 3. The fourth-order valence-electron chi connectivity index (χ4n) is 1.34. The predicted molar refractivity (Wildman–Crippen MR) is 62.3 cm³/mol. The highest BCUT2D eigenvalue weighted by molar-refractivity contribution is 6.38. The molecule has 0 atom stereocenters. The quantitative estimate of drug-likeness (QED) is 0.421. The molecule has 1 N–H and O–H groups in total. The summed E-state index contributed by atoms with van der Waals surface area (Å²) in [7, 11) is 3.41. The van der Waals surface area contributed by atoms with Crippen molar-refractivity contribution < 1.29 is 14.4 Å². The van der Waals surface area contributed by atoms with E-state index in [1.807, 2.05) is 0 Å². The van der Waals surface area contributed by atoms with Gasteiger partial charge in [0.15, 0.2) is 5.78 Å². The maximum atomic E-state index is 11.5. The summed E-state index contributed by atoms with van der Waals surface area (Å²) in [6, 6.07) is 0. The lowest BCUT2D eigenvalue weighted by Crippen LogP contribution is -2.22. The SMILES string of the molecule is CC(=O)/C(C)=N/C(=C1/CC(=O)NC1=O)N(C)C. The summed E-state index contributed by atoms with van der Waals surface area (Å²) in [5.74, 6) is -0.616. The molecular weight excluding hydrogens is 222 g/mol. The molecule has 0 spiro atoms. The van der Waals surface area contributed by atoms with Crippen molar-refractivity contribution in [3.63, 3.8) is 0 Å². The van der Waals surface area contributed by atoms with Crippen LogP contribution in [0.1, 0.15) is 20.3 Å². The Hall–Kier alpha value is -1.98. The number of carbonyl (C=O) groups excluding carboxylic acids is 3. The number of hydrogen-bond acceptors (Lipinski definition) is 5. The van der Waals surface area contributed by atoms with Gasteiger partial charge in [0, 0.05) is 21.0 Å². The van der Waals surface area contributed by atoms with Crippen LogP contribution in [0.15, 0.2) is 16.4 Å². The summed E-state index contributed by atoms with van der Waals surface area (Å²) in [5.41, 5.74) is 0.592. The van der Waals surface area contributed by atoms with Gasteiger partial charge in [-0.15, -0.1) is 0 Å². The minimum absolute atomic E-state index is 0.00102. The largest absolute Gasteiger partial charge is 0.362 e. The minimum Gasteiger partial charge on any atom is -0.362 e. The van der Waals surface area contributed by atoms with E-state index in [2.05, 4.69) is 10.3 Å². The van der Waals surface area contributed by atoms with E-state index in [9.17, 15) is 14.4 Å². The van der Waals surface area contributed by atoms with Gasteiger partial charge in [0.2, 0.25) is 5.91 Å². The lowest BCUT2D eigenvalue weighted by Gasteiger charge is -2.15. The Balaban J connectivity index is 3.23. The zero-order valence-electron chi connectivity index (χ0n) is 10.3. The zero-order chi connectivity index (χ0) is 13.2. The zero-order valence-corrected chi connectivity index (χ0v) is 10.3. The minimum atomic E-state index is -0.446. The average Bonchev–Trinajstić information content (AvgIpc) is 2.53. The molecule has 6 heteroatoms. The van der Waals surface area contributed by atoms with Crippen molar-refractivity contribution >= 4 is 23.3 Å². The molecule has 0 saturated carbocycles. The summed E-state index contributed by atoms with van der Waals surface area (Å²) in [6.45, 7) is 2.97. The van der Waals surface area contributed by atoms with E-state index in [0.29, 0.717) is 17.1 Å². The molecule has 0 aromatic carbocycles. The lowest BCUT2D eigenvalue weighted by atomic mass is 10.2. The van der Waals surface area contributed by atoms with Crippen LogP contribution in [0.25, 0.3) is 0 Å². The number of aliphatic imine (C=N–C) groups is 1. The van der Waals surface area contributed by atoms with Crippen LogP contribution in [-0.2, 0) is 14.4 Å². The van der Waals surface area contributed by atoms with Crippen LogP contribution in [0.5, 0.6) is 0 Å². The highest BCUT2D eigenvalue weighted by Gasteiger charge is 2.28. The highest BCUT2D eigenvalue weighted by atomic mass is 16.2. The Bertz CT molecular complexity index is 447. The number of nitrogens with one attached hydrogen (secondary N) is 1. The van der Waals surface area contributed by atoms with E-state index in [-0.39, 0.29) is 18.1 Å². The smallest absolute Gasteiger partial charge is 0.258 e. The molecule has 17 heavy (non-hydrogen) atoms. The van der Waals surface area contributed by atoms with Crippen molar-refractivity contribution in [2.75, 3.05) is 14.1 Å². The van der Waals surface area contributed by atoms with Gasteiger partial charge >= 0.3 is 0 Å². The third-order valence-corrected chi connectivity index (χ3v) is 2.34. The molecule has 0 radical (unpaired) electrons. The molecule has 1 rings (SSSR count). The molecule has 0 aliphatic carbocycles. The number of rotatable bonds is 3. The third-order valence-electron chi connectivity index (χ3n) is 2.34. The van der Waals surface area contributed by atoms with E-state index >= 15 is 0 Å². The van der Waals surface area contributed by atoms with Crippen LogP contribution in [0, 0.1) is 0 Å². The van der Waals surface area contributed by atoms with Crippen LogP contribution in [0.3, 0.4) is 0 Å². The average molecular weight is 237 g/mol. The molecule has 0 aromatic rings. The van der Waals surface area contributed by atoms with Gasteiger partial charge in [0.25, 0.3) is 5.91 Å². The second-order valence-electron chi connectivity index (χ2n) is 4.00. The molecule has 2 amide bonds. The fraction of sp³-hybridized carbons (Fsp3) is 0.455. The maximum absolute atomic E-state index is 11.5. The van der Waals surface area contributed by atoms with Crippen molar-refractivity contribution in [2.24, 2.45) is 4.99 Å². The van der Waals surface area contributed by atoms with Gasteiger partial charge in [-0.1, -0.05) is 0 Å². The molecule has 0 bridgehead atoms. The molecule has 1 aliphatic heterocycles. The van der Waals surface area contributed by atoms with Crippen LogP contribution in [0.4, 0.5) is 0 Å². The molecule has 1 saturated heterocycles. The van der Waals surface area contributed by atoms with Crippen molar-refractivity contribution in [1.82, 2.24) is 10.2 Å². The molecule has 92 valence electrons. The summed E-state index contributed by atoms with van der Waals surface area (Å²) in [4.78, 5) is 39.5. The van der Waals surface area contributed by atoms with Crippen molar-refractivity contribution in [2.45, 2.75) is 20.3 Å². The number of Topliss-reactive ketones (excluding diaryl/α,β-unsaturated/α-hetero) is 1. The molecule has 6 nitrogen and oxygen atoms in total. The summed E-state index contributed by atoms with van der Waals surface area (Å²) >= 11 is 0. The topological polar surface area (TPSA) is 78.8 Å². The fourth-order valence-corrected chi connectivity index (χ4v) is 1.34. The second-order valence-corrected chi connectivity index (χ2v) is 4.00. The molecule has 0 aromatic heterocycles. The molecule has 0 unspecified atom stereocenters. The number of nitrogens with zero attached hydrogens (tertiary/aromatic N) is 2. The van der Waals surface area contributed by atoms with Crippen molar-refractivity contribution in [1.29, 1.82) is 0 Å². The predicted octanol–water partition coefficient (Wildman–Crippen LogP) is -0.144. The first-order chi connectivity index (χ1) is 7.82. The number of amides is 2. The molecular formula is C11H15N3O3. The Labute approximate surface area is 99.4 Å². The molecule has 1 heterocycles. The van der Waals surface area contributed by atoms with Crippen LogP contribution >= 0.6 is 0 Å². The van der Waals surface area contributed by atoms with Gasteiger partial charge in [0.1, 0.15) is 5.82 Å². The Morgan fingerprint density at radius 3 is 2.24 bits per heavy atom. The van der Waals surface area contributed by atoms with E-state index in [1.54, 1.807) is 25.9 Å². The normalized spacial score (nSPS) is 19.2. The van der Waals surface area contributed by atoms with E-state index in [0.717, 1.165) is 0 Å². The summed E-state index contributed by atoms with van der Waals surface area (Å²) < 4.78 is 0. The Kier molecular flexibility index (Phi) is 3.77. The highest BCUT2D eigenvalue weighted by Crippen LogP contribution is 2.17. The van der Waals surface area contributed by atoms with Gasteiger partial charge in [-0.3, -0.25) is 19.7 Å². The van der Waals surface area contributed by atoms with Gasteiger partial charge in [-0.05, 0) is 6.92 Å². The van der Waals surface area contributed by atoms with E-state index < -0.39 is 5.91 Å². The first kappa shape index (κ1) is 13.1. The van der Waals surface area contributed by atoms with Gasteiger partial charge < -0.3 is 4.90 Å². The van der Waals surface area contributed by atoms with Crippen LogP contribution in [0.2, 0.25) is 0 Å². The number of ketones is 1. The van der Waals surface area contributed by atoms with E-state index in [4.69, 9.17) is 0 Å². The van der Waals surface area contributed by atoms with Crippen LogP contribution in [-0.4, -0.2) is 42.3 Å². The van der Waals surface area contributed by atoms with Crippen LogP contribution < -0.4 is 5.32 Å². The second kappa shape index (κ2) is 4.90. The monoisotopic (exact) mass is 237 g/mol.